The average molecular weight is 329 g/mol. The fourth-order valence-corrected chi connectivity index (χ4v) is 2.93. The summed E-state index contributed by atoms with van der Waals surface area (Å²) in [4.78, 5) is 0. The highest BCUT2D eigenvalue weighted by molar-refractivity contribution is 14.1. The molecule has 0 amide bonds. The van der Waals surface area contributed by atoms with Gasteiger partial charge in [0.05, 0.1) is 0 Å². The van der Waals surface area contributed by atoms with E-state index in [4.69, 9.17) is 0 Å². The molecule has 2 rings (SSSR count). The molecule has 2 atom stereocenters. The van der Waals surface area contributed by atoms with Gasteiger partial charge < -0.3 is 5.32 Å². The normalized spacial score (nSPS) is 25.4. The standard InChI is InChI=1S/C14H20IN/c1-2-11-4-3-5-14(10-11)16-13-8-6-12(15)7-9-13/h6-9,11,14,16H,2-5,10H2,1H3. The Morgan fingerprint density at radius 1 is 1.25 bits per heavy atom. The summed E-state index contributed by atoms with van der Waals surface area (Å²) in [7, 11) is 0. The summed E-state index contributed by atoms with van der Waals surface area (Å²) in [6.45, 7) is 2.32. The second kappa shape index (κ2) is 5.89. The van der Waals surface area contributed by atoms with Gasteiger partial charge in [-0.05, 0) is 65.6 Å². The van der Waals surface area contributed by atoms with E-state index in [1.807, 2.05) is 0 Å². The van der Waals surface area contributed by atoms with Crippen molar-refractivity contribution in [2.24, 2.45) is 5.92 Å². The van der Waals surface area contributed by atoms with E-state index < -0.39 is 0 Å². The zero-order valence-electron chi connectivity index (χ0n) is 9.88. The molecule has 1 aromatic carbocycles. The van der Waals surface area contributed by atoms with Gasteiger partial charge in [-0.2, -0.15) is 0 Å². The van der Waals surface area contributed by atoms with E-state index in [-0.39, 0.29) is 0 Å². The number of anilines is 1. The number of rotatable bonds is 3. The van der Waals surface area contributed by atoms with Gasteiger partial charge in [0.2, 0.25) is 0 Å². The number of hydrogen-bond acceptors (Lipinski definition) is 1. The van der Waals surface area contributed by atoms with Crippen molar-refractivity contribution in [3.05, 3.63) is 27.8 Å². The van der Waals surface area contributed by atoms with Gasteiger partial charge >= 0.3 is 0 Å². The molecule has 0 spiro atoms. The fourth-order valence-electron chi connectivity index (χ4n) is 2.57. The molecule has 16 heavy (non-hydrogen) atoms. The van der Waals surface area contributed by atoms with Crippen LogP contribution in [-0.4, -0.2) is 6.04 Å². The van der Waals surface area contributed by atoms with E-state index >= 15 is 0 Å². The number of hydrogen-bond donors (Lipinski definition) is 1. The molecule has 1 fully saturated rings. The van der Waals surface area contributed by atoms with Gasteiger partial charge in [0.25, 0.3) is 0 Å². The van der Waals surface area contributed by atoms with Gasteiger partial charge in [0.15, 0.2) is 0 Å². The van der Waals surface area contributed by atoms with Crippen molar-refractivity contribution >= 4 is 28.3 Å². The van der Waals surface area contributed by atoms with Crippen molar-refractivity contribution in [1.82, 2.24) is 0 Å². The van der Waals surface area contributed by atoms with Crippen LogP contribution in [0.15, 0.2) is 24.3 Å². The van der Waals surface area contributed by atoms with Gasteiger partial charge in [-0.3, -0.25) is 0 Å². The first-order valence-corrected chi connectivity index (χ1v) is 7.38. The smallest absolute Gasteiger partial charge is 0.0343 e. The van der Waals surface area contributed by atoms with E-state index in [0.29, 0.717) is 6.04 Å². The van der Waals surface area contributed by atoms with Gasteiger partial charge in [0.1, 0.15) is 0 Å². The minimum Gasteiger partial charge on any atom is -0.382 e. The Bertz CT molecular complexity index is 320. The zero-order chi connectivity index (χ0) is 11.4. The van der Waals surface area contributed by atoms with Gasteiger partial charge in [-0.15, -0.1) is 0 Å². The summed E-state index contributed by atoms with van der Waals surface area (Å²) in [5.74, 6) is 0.940. The highest BCUT2D eigenvalue weighted by Gasteiger charge is 2.20. The van der Waals surface area contributed by atoms with Crippen LogP contribution in [0.2, 0.25) is 0 Å². The lowest BCUT2D eigenvalue weighted by Gasteiger charge is -2.29. The molecule has 0 bridgehead atoms. The zero-order valence-corrected chi connectivity index (χ0v) is 12.0. The quantitative estimate of drug-likeness (QED) is 0.795. The van der Waals surface area contributed by atoms with Crippen molar-refractivity contribution < 1.29 is 0 Å². The third kappa shape index (κ3) is 3.37. The molecule has 1 aromatic rings. The molecule has 88 valence electrons. The molecule has 1 nitrogen and oxygen atoms in total. The summed E-state index contributed by atoms with van der Waals surface area (Å²) >= 11 is 2.35. The van der Waals surface area contributed by atoms with E-state index in [2.05, 4.69) is 59.1 Å². The predicted octanol–water partition coefficient (Wildman–Crippen LogP) is 4.67. The van der Waals surface area contributed by atoms with Crippen LogP contribution in [0.4, 0.5) is 5.69 Å². The Kier molecular flexibility index (Phi) is 4.50. The Morgan fingerprint density at radius 2 is 2.00 bits per heavy atom. The summed E-state index contributed by atoms with van der Waals surface area (Å²) in [5, 5.41) is 3.67. The van der Waals surface area contributed by atoms with Crippen LogP contribution < -0.4 is 5.32 Å². The highest BCUT2D eigenvalue weighted by Crippen LogP contribution is 2.28. The average Bonchev–Trinajstić information content (AvgIpc) is 2.32. The largest absolute Gasteiger partial charge is 0.382 e. The summed E-state index contributed by atoms with van der Waals surface area (Å²) in [5.41, 5.74) is 1.28. The van der Waals surface area contributed by atoms with E-state index in [1.165, 1.54) is 41.4 Å². The molecule has 2 heteroatoms. The van der Waals surface area contributed by atoms with Crippen molar-refractivity contribution in [2.45, 2.75) is 45.1 Å². The van der Waals surface area contributed by atoms with E-state index in [0.717, 1.165) is 5.92 Å². The third-order valence-corrected chi connectivity index (χ3v) is 4.29. The molecule has 0 saturated heterocycles. The number of halogens is 1. The van der Waals surface area contributed by atoms with Crippen molar-refractivity contribution in [2.75, 3.05) is 5.32 Å². The third-order valence-electron chi connectivity index (χ3n) is 3.58. The maximum atomic E-state index is 3.67. The van der Waals surface area contributed by atoms with Gasteiger partial charge in [-0.1, -0.05) is 26.2 Å². The molecule has 0 radical (unpaired) electrons. The predicted molar refractivity (Wildman–Crippen MR) is 78.8 cm³/mol. The molecule has 2 unspecified atom stereocenters. The molecule has 1 aliphatic carbocycles. The SMILES string of the molecule is CCC1CCCC(Nc2ccc(I)cc2)C1. The van der Waals surface area contributed by atoms with Crippen LogP contribution in [0.5, 0.6) is 0 Å². The molecular weight excluding hydrogens is 309 g/mol. The first kappa shape index (κ1) is 12.2. The lowest BCUT2D eigenvalue weighted by atomic mass is 9.84. The minimum absolute atomic E-state index is 0.693. The monoisotopic (exact) mass is 329 g/mol. The van der Waals surface area contributed by atoms with Crippen molar-refractivity contribution in [3.8, 4) is 0 Å². The molecular formula is C14H20IN. The Labute approximate surface area is 112 Å². The second-order valence-corrected chi connectivity index (χ2v) is 6.03. The molecule has 0 heterocycles. The van der Waals surface area contributed by atoms with Crippen LogP contribution in [0, 0.1) is 9.49 Å². The first-order valence-electron chi connectivity index (χ1n) is 6.30. The lowest BCUT2D eigenvalue weighted by Crippen LogP contribution is -2.26. The Morgan fingerprint density at radius 3 is 2.69 bits per heavy atom. The van der Waals surface area contributed by atoms with Crippen LogP contribution in [0.1, 0.15) is 39.0 Å². The highest BCUT2D eigenvalue weighted by atomic mass is 127. The lowest BCUT2D eigenvalue weighted by molar-refractivity contribution is 0.327. The number of benzene rings is 1. The fraction of sp³-hybridized carbons (Fsp3) is 0.571. The molecule has 1 N–H and O–H groups in total. The maximum absolute atomic E-state index is 3.67. The van der Waals surface area contributed by atoms with Crippen LogP contribution in [-0.2, 0) is 0 Å². The van der Waals surface area contributed by atoms with Crippen LogP contribution in [0.3, 0.4) is 0 Å². The second-order valence-electron chi connectivity index (χ2n) is 4.79. The number of nitrogens with one attached hydrogen (secondary N) is 1. The maximum Gasteiger partial charge on any atom is 0.0343 e. The summed E-state index contributed by atoms with van der Waals surface area (Å²) < 4.78 is 1.30. The van der Waals surface area contributed by atoms with Crippen molar-refractivity contribution in [3.63, 3.8) is 0 Å². The molecule has 1 saturated carbocycles. The Hall–Kier alpha value is -0.250. The van der Waals surface area contributed by atoms with Crippen molar-refractivity contribution in [1.29, 1.82) is 0 Å². The topological polar surface area (TPSA) is 12.0 Å². The van der Waals surface area contributed by atoms with E-state index in [1.54, 1.807) is 0 Å². The Balaban J connectivity index is 1.91. The van der Waals surface area contributed by atoms with Crippen LogP contribution in [0.25, 0.3) is 0 Å². The molecule has 1 aliphatic rings. The molecule has 0 aliphatic heterocycles. The first-order chi connectivity index (χ1) is 7.78. The summed E-state index contributed by atoms with van der Waals surface area (Å²) in [6, 6.07) is 9.42. The van der Waals surface area contributed by atoms with Gasteiger partial charge in [-0.25, -0.2) is 0 Å². The minimum atomic E-state index is 0.693. The summed E-state index contributed by atoms with van der Waals surface area (Å²) in [6.07, 6.45) is 6.84. The van der Waals surface area contributed by atoms with Gasteiger partial charge in [0, 0.05) is 15.3 Å². The van der Waals surface area contributed by atoms with Crippen LogP contribution >= 0.6 is 22.6 Å². The molecule has 0 aromatic heterocycles. The van der Waals surface area contributed by atoms with E-state index in [9.17, 15) is 0 Å².